The summed E-state index contributed by atoms with van der Waals surface area (Å²) in [5, 5.41) is 2.78. The van der Waals surface area contributed by atoms with Gasteiger partial charge in [0.1, 0.15) is 11.6 Å². The third kappa shape index (κ3) is 5.28. The van der Waals surface area contributed by atoms with Crippen molar-refractivity contribution < 1.29 is 13.6 Å². The first-order valence-corrected chi connectivity index (χ1v) is 9.28. The Morgan fingerprint density at radius 1 is 1.08 bits per heavy atom. The topological polar surface area (TPSA) is 32.3 Å². The van der Waals surface area contributed by atoms with Crippen LogP contribution in [-0.2, 0) is 11.3 Å². The quantitative estimate of drug-likeness (QED) is 0.778. The van der Waals surface area contributed by atoms with E-state index in [2.05, 4.69) is 10.2 Å². The Morgan fingerprint density at radius 2 is 1.80 bits per heavy atom. The predicted molar refractivity (Wildman–Crippen MR) is 96.7 cm³/mol. The van der Waals surface area contributed by atoms with E-state index in [1.54, 1.807) is 0 Å². The first kappa shape index (κ1) is 17.9. The molecule has 1 fully saturated rings. The highest BCUT2D eigenvalue weighted by Gasteiger charge is 2.12. The van der Waals surface area contributed by atoms with Crippen LogP contribution in [0.2, 0.25) is 0 Å². The van der Waals surface area contributed by atoms with E-state index in [-0.39, 0.29) is 16.6 Å². The summed E-state index contributed by atoms with van der Waals surface area (Å²) in [6, 6.07) is 11.0. The van der Waals surface area contributed by atoms with Crippen molar-refractivity contribution in [3.8, 4) is 0 Å². The average molecular weight is 362 g/mol. The van der Waals surface area contributed by atoms with Crippen LogP contribution in [0.1, 0.15) is 18.4 Å². The molecule has 1 N–H and O–H groups in total. The van der Waals surface area contributed by atoms with Crippen LogP contribution < -0.4 is 5.32 Å². The number of nitrogens with zero attached hydrogens (tertiary/aromatic N) is 1. The molecule has 0 spiro atoms. The summed E-state index contributed by atoms with van der Waals surface area (Å²) < 4.78 is 26.7. The summed E-state index contributed by atoms with van der Waals surface area (Å²) >= 11 is 0.979. The van der Waals surface area contributed by atoms with E-state index in [1.807, 2.05) is 24.3 Å². The van der Waals surface area contributed by atoms with Gasteiger partial charge in [-0.15, -0.1) is 11.8 Å². The van der Waals surface area contributed by atoms with Gasteiger partial charge in [0.25, 0.3) is 0 Å². The maximum Gasteiger partial charge on any atom is 0.234 e. The Labute approximate surface area is 150 Å². The number of nitrogens with one attached hydrogen (secondary N) is 1. The van der Waals surface area contributed by atoms with Crippen molar-refractivity contribution in [3.63, 3.8) is 0 Å². The number of rotatable bonds is 6. The van der Waals surface area contributed by atoms with Crippen molar-refractivity contribution in [2.45, 2.75) is 24.3 Å². The molecule has 25 heavy (non-hydrogen) atoms. The molecule has 6 heteroatoms. The highest BCUT2D eigenvalue weighted by atomic mass is 32.2. The average Bonchev–Trinajstić information content (AvgIpc) is 3.10. The summed E-state index contributed by atoms with van der Waals surface area (Å²) in [4.78, 5) is 14.5. The summed E-state index contributed by atoms with van der Waals surface area (Å²) in [6.07, 6.45) is 2.52. The minimum atomic E-state index is -0.523. The lowest BCUT2D eigenvalue weighted by atomic mass is 10.2. The van der Waals surface area contributed by atoms with Gasteiger partial charge in [-0.1, -0.05) is 12.1 Å². The Bertz CT molecular complexity index is 731. The number of carbonyl (C=O) groups is 1. The van der Waals surface area contributed by atoms with Gasteiger partial charge in [0.05, 0.1) is 5.75 Å². The lowest BCUT2D eigenvalue weighted by Gasteiger charge is -2.14. The molecule has 1 saturated heterocycles. The summed E-state index contributed by atoms with van der Waals surface area (Å²) in [7, 11) is 0. The molecule has 0 aromatic heterocycles. The van der Waals surface area contributed by atoms with E-state index >= 15 is 0 Å². The van der Waals surface area contributed by atoms with Gasteiger partial charge in [0.2, 0.25) is 5.91 Å². The number of thioether (sulfide) groups is 1. The van der Waals surface area contributed by atoms with E-state index in [4.69, 9.17) is 0 Å². The zero-order valence-electron chi connectivity index (χ0n) is 13.8. The molecule has 0 saturated carbocycles. The largest absolute Gasteiger partial charge is 0.325 e. The van der Waals surface area contributed by atoms with Crippen LogP contribution in [0, 0.1) is 11.6 Å². The fourth-order valence-corrected chi connectivity index (χ4v) is 3.58. The fraction of sp³-hybridized carbons (Fsp3) is 0.316. The highest BCUT2D eigenvalue weighted by molar-refractivity contribution is 8.00. The molecule has 1 heterocycles. The van der Waals surface area contributed by atoms with Crippen LogP contribution in [0.25, 0.3) is 0 Å². The maximum atomic E-state index is 13.5. The van der Waals surface area contributed by atoms with Crippen LogP contribution in [0.4, 0.5) is 14.5 Å². The van der Waals surface area contributed by atoms with Crippen molar-refractivity contribution in [3.05, 3.63) is 59.7 Å². The molecule has 1 aliphatic rings. The first-order chi connectivity index (χ1) is 12.1. The third-order valence-corrected chi connectivity index (χ3v) is 5.12. The second kappa shape index (κ2) is 8.45. The van der Waals surface area contributed by atoms with E-state index in [0.29, 0.717) is 5.69 Å². The molecule has 0 aliphatic carbocycles. The maximum absolute atomic E-state index is 13.5. The molecular formula is C19H20F2N2OS. The third-order valence-electron chi connectivity index (χ3n) is 4.09. The molecule has 132 valence electrons. The fourth-order valence-electron chi connectivity index (χ4n) is 2.82. The molecule has 3 rings (SSSR count). The minimum Gasteiger partial charge on any atom is -0.325 e. The van der Waals surface area contributed by atoms with Crippen LogP contribution >= 0.6 is 11.8 Å². The lowest BCUT2D eigenvalue weighted by Crippen LogP contribution is -2.18. The molecule has 0 bridgehead atoms. The van der Waals surface area contributed by atoms with Crippen LogP contribution in [-0.4, -0.2) is 29.6 Å². The minimum absolute atomic E-state index is 0.0237. The van der Waals surface area contributed by atoms with Gasteiger partial charge in [-0.2, -0.15) is 0 Å². The highest BCUT2D eigenvalue weighted by Crippen LogP contribution is 2.23. The van der Waals surface area contributed by atoms with E-state index in [0.717, 1.165) is 49.6 Å². The Hall–Kier alpha value is -1.92. The number of benzene rings is 2. The second-order valence-corrected chi connectivity index (χ2v) is 7.11. The number of hydrogen-bond donors (Lipinski definition) is 1. The molecule has 0 unspecified atom stereocenters. The Balaban J connectivity index is 1.49. The first-order valence-electron chi connectivity index (χ1n) is 8.29. The molecule has 2 aromatic rings. The summed E-state index contributed by atoms with van der Waals surface area (Å²) in [5.74, 6) is -1.26. The molecular weight excluding hydrogens is 342 g/mol. The molecule has 3 nitrogen and oxygen atoms in total. The van der Waals surface area contributed by atoms with Gasteiger partial charge in [-0.25, -0.2) is 8.78 Å². The Kier molecular flexibility index (Phi) is 6.04. The van der Waals surface area contributed by atoms with Crippen molar-refractivity contribution in [2.24, 2.45) is 0 Å². The van der Waals surface area contributed by atoms with Crippen LogP contribution in [0.3, 0.4) is 0 Å². The Morgan fingerprint density at radius 3 is 2.52 bits per heavy atom. The molecule has 0 atom stereocenters. The normalized spacial score (nSPS) is 14.6. The molecule has 1 amide bonds. The van der Waals surface area contributed by atoms with E-state index in [9.17, 15) is 13.6 Å². The molecule has 1 aliphatic heterocycles. The standard InChI is InChI=1S/C19H20F2N2OS/c20-15-5-8-17(21)18(11-15)25-13-19(24)22-16-6-3-14(4-7-16)12-23-9-1-2-10-23/h3-8,11H,1-2,9-10,12-13H2,(H,22,24). The zero-order chi connectivity index (χ0) is 17.6. The second-order valence-electron chi connectivity index (χ2n) is 6.09. The number of anilines is 1. The van der Waals surface area contributed by atoms with E-state index < -0.39 is 11.6 Å². The van der Waals surface area contributed by atoms with Gasteiger partial charge in [0, 0.05) is 17.1 Å². The SMILES string of the molecule is O=C(CSc1cc(F)ccc1F)Nc1ccc(CN2CCCC2)cc1. The number of hydrogen-bond acceptors (Lipinski definition) is 3. The van der Waals surface area contributed by atoms with Crippen molar-refractivity contribution >= 4 is 23.4 Å². The van der Waals surface area contributed by atoms with Crippen molar-refractivity contribution in [1.82, 2.24) is 4.90 Å². The van der Waals surface area contributed by atoms with Crippen molar-refractivity contribution in [2.75, 3.05) is 24.2 Å². The number of carbonyl (C=O) groups excluding carboxylic acids is 1. The van der Waals surface area contributed by atoms with Gasteiger partial charge in [0.15, 0.2) is 0 Å². The predicted octanol–water partition coefficient (Wildman–Crippen LogP) is 4.29. The van der Waals surface area contributed by atoms with Crippen LogP contribution in [0.5, 0.6) is 0 Å². The summed E-state index contributed by atoms with van der Waals surface area (Å²) in [6.45, 7) is 3.22. The van der Waals surface area contributed by atoms with Gasteiger partial charge < -0.3 is 5.32 Å². The molecule has 0 radical (unpaired) electrons. The number of likely N-dealkylation sites (tertiary alicyclic amines) is 1. The molecule has 2 aromatic carbocycles. The monoisotopic (exact) mass is 362 g/mol. The zero-order valence-corrected chi connectivity index (χ0v) is 14.6. The van der Waals surface area contributed by atoms with Gasteiger partial charge in [-0.05, 0) is 61.8 Å². The van der Waals surface area contributed by atoms with E-state index in [1.165, 1.54) is 18.4 Å². The van der Waals surface area contributed by atoms with Crippen molar-refractivity contribution in [1.29, 1.82) is 0 Å². The lowest BCUT2D eigenvalue weighted by molar-refractivity contribution is -0.113. The summed E-state index contributed by atoms with van der Waals surface area (Å²) in [5.41, 5.74) is 1.92. The smallest absolute Gasteiger partial charge is 0.234 e. The number of halogens is 2. The van der Waals surface area contributed by atoms with Crippen LogP contribution in [0.15, 0.2) is 47.4 Å². The number of amides is 1. The van der Waals surface area contributed by atoms with Gasteiger partial charge >= 0.3 is 0 Å². The van der Waals surface area contributed by atoms with Gasteiger partial charge in [-0.3, -0.25) is 9.69 Å².